The number of aromatic hydroxyl groups is 1. The van der Waals surface area contributed by atoms with Crippen LogP contribution >= 0.6 is 0 Å². The molecule has 1 amide bonds. The van der Waals surface area contributed by atoms with Gasteiger partial charge in [-0.3, -0.25) is 4.79 Å². The minimum absolute atomic E-state index is 0.0311. The fourth-order valence-electron chi connectivity index (χ4n) is 3.26. The molecule has 25 heavy (non-hydrogen) atoms. The second-order valence-electron chi connectivity index (χ2n) is 6.10. The number of nitrogens with zero attached hydrogens (tertiary/aromatic N) is 4. The van der Waals surface area contributed by atoms with Gasteiger partial charge in [0.05, 0.1) is 18.2 Å². The maximum atomic E-state index is 12.4. The molecule has 0 unspecified atom stereocenters. The third kappa shape index (κ3) is 3.08. The molecular formula is C18H17N5O2. The summed E-state index contributed by atoms with van der Waals surface area (Å²) in [5, 5.41) is 24.0. The fraction of sp³-hybridized carbons (Fsp3) is 0.222. The van der Waals surface area contributed by atoms with Crippen molar-refractivity contribution in [1.82, 2.24) is 25.5 Å². The van der Waals surface area contributed by atoms with E-state index in [-0.39, 0.29) is 11.9 Å². The topological polar surface area (TPSA) is 92.9 Å². The molecule has 7 nitrogen and oxygen atoms in total. The molecule has 0 saturated carbocycles. The number of carbonyl (C=O) groups excluding carboxylic acids is 1. The van der Waals surface area contributed by atoms with Crippen molar-refractivity contribution < 1.29 is 9.90 Å². The second kappa shape index (κ2) is 6.35. The van der Waals surface area contributed by atoms with Crippen LogP contribution in [0.3, 0.4) is 0 Å². The van der Waals surface area contributed by atoms with Crippen LogP contribution in [0.4, 0.5) is 0 Å². The molecular weight excluding hydrogens is 318 g/mol. The Morgan fingerprint density at radius 1 is 1.24 bits per heavy atom. The molecule has 0 radical (unpaired) electrons. The van der Waals surface area contributed by atoms with E-state index in [0.717, 1.165) is 35.2 Å². The van der Waals surface area contributed by atoms with Gasteiger partial charge in [-0.15, -0.1) is 5.10 Å². The van der Waals surface area contributed by atoms with Gasteiger partial charge in [-0.25, -0.2) is 4.68 Å². The Hall–Kier alpha value is -3.22. The van der Waals surface area contributed by atoms with Crippen LogP contribution in [-0.4, -0.2) is 31.2 Å². The summed E-state index contributed by atoms with van der Waals surface area (Å²) in [6.07, 6.45) is 3.43. The molecule has 3 aromatic rings. The number of benzene rings is 2. The smallest absolute Gasteiger partial charge is 0.224 e. The molecule has 0 fully saturated rings. The number of aromatic nitrogens is 4. The molecule has 1 aromatic heterocycles. The van der Waals surface area contributed by atoms with Gasteiger partial charge in [0.15, 0.2) is 0 Å². The van der Waals surface area contributed by atoms with Gasteiger partial charge in [0.25, 0.3) is 0 Å². The highest BCUT2D eigenvalue weighted by Gasteiger charge is 2.25. The average Bonchev–Trinajstić information content (AvgIpc) is 3.27. The van der Waals surface area contributed by atoms with Gasteiger partial charge in [-0.2, -0.15) is 0 Å². The summed E-state index contributed by atoms with van der Waals surface area (Å²) in [5.41, 5.74) is 3.72. The van der Waals surface area contributed by atoms with E-state index < -0.39 is 0 Å². The Bertz CT molecular complexity index is 890. The predicted octanol–water partition coefficient (Wildman–Crippen LogP) is 1.71. The van der Waals surface area contributed by atoms with Crippen molar-refractivity contribution in [2.24, 2.45) is 0 Å². The SMILES string of the molecule is O=C(Cc1ccc(-n2cnnn2)cc1)N[C@H]1CCc2c(O)cccc21. The standard InChI is InChI=1S/C18H17N5O2/c24-17-3-1-2-14-15(17)8-9-16(14)20-18(25)10-12-4-6-13(7-5-12)23-11-19-21-22-23/h1-7,11,16,24H,8-10H2,(H,20,25)/t16-/m0/s1. The van der Waals surface area contributed by atoms with Crippen molar-refractivity contribution in [3.05, 3.63) is 65.5 Å². The van der Waals surface area contributed by atoms with Crippen molar-refractivity contribution in [2.75, 3.05) is 0 Å². The number of hydrogen-bond donors (Lipinski definition) is 2. The van der Waals surface area contributed by atoms with Gasteiger partial charge in [-0.1, -0.05) is 24.3 Å². The zero-order valence-corrected chi connectivity index (χ0v) is 13.5. The Morgan fingerprint density at radius 2 is 2.08 bits per heavy atom. The van der Waals surface area contributed by atoms with Gasteiger partial charge in [0.1, 0.15) is 12.1 Å². The quantitative estimate of drug-likeness (QED) is 0.757. The highest BCUT2D eigenvalue weighted by atomic mass is 16.3. The molecule has 0 spiro atoms. The first-order chi connectivity index (χ1) is 12.2. The highest BCUT2D eigenvalue weighted by Crippen LogP contribution is 2.36. The first-order valence-electron chi connectivity index (χ1n) is 8.13. The third-order valence-electron chi connectivity index (χ3n) is 4.50. The third-order valence-corrected chi connectivity index (χ3v) is 4.50. The lowest BCUT2D eigenvalue weighted by Gasteiger charge is -2.14. The van der Waals surface area contributed by atoms with E-state index >= 15 is 0 Å². The summed E-state index contributed by atoms with van der Waals surface area (Å²) >= 11 is 0. The van der Waals surface area contributed by atoms with Crippen LogP contribution in [0, 0.1) is 0 Å². The van der Waals surface area contributed by atoms with Crippen molar-refractivity contribution in [1.29, 1.82) is 0 Å². The molecule has 1 aliphatic rings. The van der Waals surface area contributed by atoms with Crippen LogP contribution in [0.25, 0.3) is 5.69 Å². The molecule has 0 aliphatic heterocycles. The summed E-state index contributed by atoms with van der Waals surface area (Å²) < 4.78 is 1.56. The maximum absolute atomic E-state index is 12.4. The molecule has 2 N–H and O–H groups in total. The van der Waals surface area contributed by atoms with E-state index in [1.54, 1.807) is 10.7 Å². The molecule has 1 aliphatic carbocycles. The first kappa shape index (κ1) is 15.3. The summed E-state index contributed by atoms with van der Waals surface area (Å²) in [7, 11) is 0. The van der Waals surface area contributed by atoms with E-state index in [1.165, 1.54) is 6.33 Å². The van der Waals surface area contributed by atoms with E-state index in [9.17, 15) is 9.90 Å². The lowest BCUT2D eigenvalue weighted by Crippen LogP contribution is -2.28. The van der Waals surface area contributed by atoms with Crippen molar-refractivity contribution in [3.63, 3.8) is 0 Å². The monoisotopic (exact) mass is 335 g/mol. The van der Waals surface area contributed by atoms with E-state index in [1.807, 2.05) is 36.4 Å². The zero-order valence-electron chi connectivity index (χ0n) is 13.5. The van der Waals surface area contributed by atoms with Crippen LogP contribution in [0.15, 0.2) is 48.8 Å². The molecule has 0 bridgehead atoms. The zero-order chi connectivity index (χ0) is 17.2. The first-order valence-corrected chi connectivity index (χ1v) is 8.13. The molecule has 4 rings (SSSR count). The number of phenols is 1. The molecule has 0 saturated heterocycles. The number of hydrogen-bond acceptors (Lipinski definition) is 5. The maximum Gasteiger partial charge on any atom is 0.224 e. The van der Waals surface area contributed by atoms with Gasteiger partial charge in [-0.05, 0) is 58.2 Å². The molecule has 126 valence electrons. The largest absolute Gasteiger partial charge is 0.508 e. The van der Waals surface area contributed by atoms with Crippen LogP contribution in [0.2, 0.25) is 0 Å². The normalized spacial score (nSPS) is 15.8. The highest BCUT2D eigenvalue weighted by molar-refractivity contribution is 5.79. The number of tetrazole rings is 1. The molecule has 2 aromatic carbocycles. The van der Waals surface area contributed by atoms with E-state index in [4.69, 9.17) is 0 Å². The number of phenolic OH excluding ortho intramolecular Hbond substituents is 1. The molecule has 1 heterocycles. The summed E-state index contributed by atoms with van der Waals surface area (Å²) in [6, 6.07) is 13.0. The van der Waals surface area contributed by atoms with Crippen molar-refractivity contribution in [2.45, 2.75) is 25.3 Å². The average molecular weight is 335 g/mol. The summed E-state index contributed by atoms with van der Waals surface area (Å²) in [5.74, 6) is 0.281. The van der Waals surface area contributed by atoms with Gasteiger partial charge >= 0.3 is 0 Å². The van der Waals surface area contributed by atoms with Gasteiger partial charge in [0, 0.05) is 0 Å². The Balaban J connectivity index is 1.41. The second-order valence-corrected chi connectivity index (χ2v) is 6.10. The number of rotatable bonds is 4. The van der Waals surface area contributed by atoms with Gasteiger partial charge < -0.3 is 10.4 Å². The van der Waals surface area contributed by atoms with E-state index in [0.29, 0.717) is 12.2 Å². The van der Waals surface area contributed by atoms with Crippen LogP contribution in [-0.2, 0) is 17.6 Å². The van der Waals surface area contributed by atoms with Crippen LogP contribution < -0.4 is 5.32 Å². The number of fused-ring (bicyclic) bond motifs is 1. The minimum atomic E-state index is -0.0323. The Labute approximate surface area is 144 Å². The molecule has 7 heteroatoms. The van der Waals surface area contributed by atoms with Crippen LogP contribution in [0.1, 0.15) is 29.2 Å². The number of nitrogens with one attached hydrogen (secondary N) is 1. The summed E-state index contributed by atoms with van der Waals surface area (Å²) in [6.45, 7) is 0. The summed E-state index contributed by atoms with van der Waals surface area (Å²) in [4.78, 5) is 12.4. The van der Waals surface area contributed by atoms with E-state index in [2.05, 4.69) is 20.8 Å². The lowest BCUT2D eigenvalue weighted by atomic mass is 10.1. The van der Waals surface area contributed by atoms with Crippen molar-refractivity contribution in [3.8, 4) is 11.4 Å². The Morgan fingerprint density at radius 3 is 2.84 bits per heavy atom. The lowest BCUT2D eigenvalue weighted by molar-refractivity contribution is -0.121. The fourth-order valence-corrected chi connectivity index (χ4v) is 3.26. The molecule has 1 atom stereocenters. The minimum Gasteiger partial charge on any atom is -0.508 e. The van der Waals surface area contributed by atoms with Crippen molar-refractivity contribution >= 4 is 5.91 Å². The number of amides is 1. The Kier molecular flexibility index (Phi) is 3.89. The predicted molar refractivity (Wildman–Crippen MR) is 90.2 cm³/mol. The number of carbonyl (C=O) groups is 1. The van der Waals surface area contributed by atoms with Crippen LogP contribution in [0.5, 0.6) is 5.75 Å². The van der Waals surface area contributed by atoms with Gasteiger partial charge in [0.2, 0.25) is 5.91 Å².